The Balaban J connectivity index is 2.29. The third kappa shape index (κ3) is 2.24. The lowest BCUT2D eigenvalue weighted by Gasteiger charge is -2.18. The minimum atomic E-state index is -0.544. The van der Waals surface area contributed by atoms with Crippen molar-refractivity contribution in [3.8, 4) is 6.07 Å². The van der Waals surface area contributed by atoms with Crippen LogP contribution in [0.1, 0.15) is 12.0 Å². The molecule has 0 aromatic carbocycles. The summed E-state index contributed by atoms with van der Waals surface area (Å²) in [5, 5.41) is 22.9. The average molecular weight is 247 g/mol. The molecule has 1 saturated heterocycles. The van der Waals surface area contributed by atoms with Crippen LogP contribution < -0.4 is 10.2 Å². The standard InChI is InChI=1S/C11H13N5O2/c1-13-9-2-3-15(7-9)11-8(5-12)4-10(6-14-11)16(17)18/h4,6,9,13H,2-3,7H2,1H3. The minimum Gasteiger partial charge on any atom is -0.354 e. The normalized spacial score (nSPS) is 18.7. The third-order valence-electron chi connectivity index (χ3n) is 3.08. The van der Waals surface area contributed by atoms with Crippen molar-refractivity contribution in [1.29, 1.82) is 5.26 Å². The van der Waals surface area contributed by atoms with Crippen LogP contribution in [0.5, 0.6) is 0 Å². The molecule has 0 bridgehead atoms. The van der Waals surface area contributed by atoms with E-state index in [1.807, 2.05) is 18.0 Å². The summed E-state index contributed by atoms with van der Waals surface area (Å²) in [6, 6.07) is 3.61. The van der Waals surface area contributed by atoms with E-state index in [-0.39, 0.29) is 11.3 Å². The van der Waals surface area contributed by atoms with Crippen molar-refractivity contribution in [3.05, 3.63) is 27.9 Å². The molecule has 1 aliphatic heterocycles. The minimum absolute atomic E-state index is 0.153. The van der Waals surface area contributed by atoms with Gasteiger partial charge in [0.1, 0.15) is 23.6 Å². The van der Waals surface area contributed by atoms with E-state index in [0.717, 1.165) is 19.5 Å². The van der Waals surface area contributed by atoms with Crippen LogP contribution in [0.3, 0.4) is 0 Å². The monoisotopic (exact) mass is 247 g/mol. The first-order valence-electron chi connectivity index (χ1n) is 5.62. The van der Waals surface area contributed by atoms with Crippen LogP contribution in [0.15, 0.2) is 12.3 Å². The summed E-state index contributed by atoms with van der Waals surface area (Å²) in [6.45, 7) is 1.56. The fourth-order valence-electron chi connectivity index (χ4n) is 2.07. The molecule has 1 aromatic rings. The molecule has 2 heterocycles. The van der Waals surface area contributed by atoms with Crippen molar-refractivity contribution >= 4 is 11.5 Å². The highest BCUT2D eigenvalue weighted by Gasteiger charge is 2.25. The molecule has 1 aromatic heterocycles. The molecule has 0 aliphatic carbocycles. The van der Waals surface area contributed by atoms with Gasteiger partial charge in [0.15, 0.2) is 0 Å². The quantitative estimate of drug-likeness (QED) is 0.622. The molecule has 0 saturated carbocycles. The number of likely N-dealkylation sites (N-methyl/N-ethyl adjacent to an activating group) is 1. The van der Waals surface area contributed by atoms with E-state index in [0.29, 0.717) is 11.9 Å². The molecular formula is C11H13N5O2. The molecule has 1 atom stereocenters. The molecule has 7 heteroatoms. The Kier molecular flexibility index (Phi) is 3.39. The first-order valence-corrected chi connectivity index (χ1v) is 5.62. The van der Waals surface area contributed by atoms with Gasteiger partial charge in [-0.3, -0.25) is 10.1 Å². The third-order valence-corrected chi connectivity index (χ3v) is 3.08. The van der Waals surface area contributed by atoms with Gasteiger partial charge in [-0.2, -0.15) is 5.26 Å². The zero-order valence-corrected chi connectivity index (χ0v) is 9.96. The van der Waals surface area contributed by atoms with Crippen molar-refractivity contribution in [2.24, 2.45) is 0 Å². The average Bonchev–Trinajstić information content (AvgIpc) is 2.86. The Morgan fingerprint density at radius 3 is 3.06 bits per heavy atom. The van der Waals surface area contributed by atoms with Crippen LogP contribution in [-0.4, -0.2) is 36.1 Å². The second-order valence-electron chi connectivity index (χ2n) is 4.15. The molecule has 1 unspecified atom stereocenters. The van der Waals surface area contributed by atoms with E-state index in [1.54, 1.807) is 0 Å². The second-order valence-corrected chi connectivity index (χ2v) is 4.15. The fourth-order valence-corrected chi connectivity index (χ4v) is 2.07. The molecule has 2 rings (SSSR count). The number of hydrogen-bond acceptors (Lipinski definition) is 6. The zero-order valence-electron chi connectivity index (χ0n) is 9.96. The van der Waals surface area contributed by atoms with Crippen molar-refractivity contribution in [3.63, 3.8) is 0 Å². The van der Waals surface area contributed by atoms with Crippen LogP contribution >= 0.6 is 0 Å². The van der Waals surface area contributed by atoms with Gasteiger partial charge in [0, 0.05) is 25.2 Å². The molecule has 1 fully saturated rings. The summed E-state index contributed by atoms with van der Waals surface area (Å²) in [7, 11) is 1.89. The van der Waals surface area contributed by atoms with Gasteiger partial charge in [-0.15, -0.1) is 0 Å². The molecule has 0 radical (unpaired) electrons. The first-order chi connectivity index (χ1) is 8.65. The molecule has 7 nitrogen and oxygen atoms in total. The maximum absolute atomic E-state index is 10.6. The lowest BCUT2D eigenvalue weighted by molar-refractivity contribution is -0.385. The van der Waals surface area contributed by atoms with Gasteiger partial charge >= 0.3 is 0 Å². The van der Waals surface area contributed by atoms with Gasteiger partial charge < -0.3 is 10.2 Å². The number of hydrogen-bond donors (Lipinski definition) is 1. The smallest absolute Gasteiger partial charge is 0.289 e. The summed E-state index contributed by atoms with van der Waals surface area (Å²) < 4.78 is 0. The van der Waals surface area contributed by atoms with Crippen LogP contribution in [0.2, 0.25) is 0 Å². The van der Waals surface area contributed by atoms with Crippen molar-refractivity contribution < 1.29 is 4.92 Å². The Labute approximate surface area is 104 Å². The second kappa shape index (κ2) is 4.98. The van der Waals surface area contributed by atoms with E-state index in [9.17, 15) is 10.1 Å². The van der Waals surface area contributed by atoms with E-state index in [1.165, 1.54) is 12.3 Å². The summed E-state index contributed by atoms with van der Waals surface area (Å²) in [6.07, 6.45) is 2.17. The van der Waals surface area contributed by atoms with Crippen LogP contribution in [-0.2, 0) is 0 Å². The van der Waals surface area contributed by atoms with E-state index >= 15 is 0 Å². The number of nitro groups is 1. The van der Waals surface area contributed by atoms with E-state index < -0.39 is 4.92 Å². The molecule has 94 valence electrons. The van der Waals surface area contributed by atoms with Gasteiger partial charge in [0.25, 0.3) is 5.69 Å². The van der Waals surface area contributed by atoms with Gasteiger partial charge in [-0.25, -0.2) is 4.98 Å². The first kappa shape index (κ1) is 12.3. The number of rotatable bonds is 3. The van der Waals surface area contributed by atoms with Crippen LogP contribution in [0, 0.1) is 21.4 Å². The lowest BCUT2D eigenvalue weighted by atomic mass is 10.2. The van der Waals surface area contributed by atoms with Gasteiger partial charge in [0.2, 0.25) is 0 Å². The molecule has 0 spiro atoms. The highest BCUT2D eigenvalue weighted by Crippen LogP contribution is 2.24. The Hall–Kier alpha value is -2.20. The predicted octanol–water partition coefficient (Wildman–Crippen LogP) is 0.660. The summed E-state index contributed by atoms with van der Waals surface area (Å²) >= 11 is 0. The van der Waals surface area contributed by atoms with Crippen LogP contribution in [0.25, 0.3) is 0 Å². The number of nitrogens with zero attached hydrogens (tertiary/aromatic N) is 4. The maximum Gasteiger partial charge on any atom is 0.289 e. The lowest BCUT2D eigenvalue weighted by Crippen LogP contribution is -2.30. The van der Waals surface area contributed by atoms with Crippen molar-refractivity contribution in [2.45, 2.75) is 12.5 Å². The predicted molar refractivity (Wildman–Crippen MR) is 65.3 cm³/mol. The molecule has 18 heavy (non-hydrogen) atoms. The molecule has 0 amide bonds. The fraction of sp³-hybridized carbons (Fsp3) is 0.455. The van der Waals surface area contributed by atoms with Crippen LogP contribution in [0.4, 0.5) is 11.5 Å². The molecule has 1 aliphatic rings. The number of aromatic nitrogens is 1. The SMILES string of the molecule is CNC1CCN(c2ncc([N+](=O)[O-])cc2C#N)C1. The summed E-state index contributed by atoms with van der Waals surface area (Å²) in [4.78, 5) is 16.1. The number of nitrogens with one attached hydrogen (secondary N) is 1. The number of pyridine rings is 1. The summed E-state index contributed by atoms with van der Waals surface area (Å²) in [5.41, 5.74) is 0.0978. The largest absolute Gasteiger partial charge is 0.354 e. The van der Waals surface area contributed by atoms with Gasteiger partial charge in [0.05, 0.1) is 4.92 Å². The van der Waals surface area contributed by atoms with Crippen molar-refractivity contribution in [1.82, 2.24) is 10.3 Å². The van der Waals surface area contributed by atoms with Crippen molar-refractivity contribution in [2.75, 3.05) is 25.0 Å². The topological polar surface area (TPSA) is 95.1 Å². The highest BCUT2D eigenvalue weighted by molar-refractivity contribution is 5.57. The Morgan fingerprint density at radius 1 is 1.72 bits per heavy atom. The van der Waals surface area contributed by atoms with E-state index in [4.69, 9.17) is 5.26 Å². The maximum atomic E-state index is 10.6. The number of nitriles is 1. The Morgan fingerprint density at radius 2 is 2.50 bits per heavy atom. The zero-order chi connectivity index (χ0) is 13.1. The molecular weight excluding hydrogens is 234 g/mol. The highest BCUT2D eigenvalue weighted by atomic mass is 16.6. The summed E-state index contributed by atoms with van der Waals surface area (Å²) in [5.74, 6) is 0.529. The molecule has 1 N–H and O–H groups in total. The van der Waals surface area contributed by atoms with Gasteiger partial charge in [-0.1, -0.05) is 0 Å². The van der Waals surface area contributed by atoms with E-state index in [2.05, 4.69) is 10.3 Å². The van der Waals surface area contributed by atoms with Gasteiger partial charge in [-0.05, 0) is 13.5 Å². The number of anilines is 1. The Bertz CT molecular complexity index is 511.